The lowest BCUT2D eigenvalue weighted by Crippen LogP contribution is -2.35. The second kappa shape index (κ2) is 5.73. The minimum atomic E-state index is 0.783. The highest BCUT2D eigenvalue weighted by atomic mass is 15.3. The molecule has 2 rings (SSSR count). The summed E-state index contributed by atoms with van der Waals surface area (Å²) in [7, 11) is 8.04. The molecular weight excluding hydrogens is 238 g/mol. The van der Waals surface area contributed by atoms with Gasteiger partial charge in [0.1, 0.15) is 0 Å². The van der Waals surface area contributed by atoms with Gasteiger partial charge in [-0.25, -0.2) is 0 Å². The minimum absolute atomic E-state index is 0.783. The third-order valence-electron chi connectivity index (χ3n) is 2.96. The van der Waals surface area contributed by atoms with E-state index in [9.17, 15) is 0 Å². The molecule has 2 aromatic rings. The number of aromatic nitrogens is 2. The van der Waals surface area contributed by atoms with Crippen LogP contribution in [0.5, 0.6) is 0 Å². The van der Waals surface area contributed by atoms with Gasteiger partial charge in [-0.1, -0.05) is 12.1 Å². The fourth-order valence-corrected chi connectivity index (χ4v) is 2.11. The summed E-state index contributed by atoms with van der Waals surface area (Å²) in [4.78, 5) is 8.68. The van der Waals surface area contributed by atoms with Crippen LogP contribution in [0.25, 0.3) is 10.9 Å². The Kier molecular flexibility index (Phi) is 4.04. The van der Waals surface area contributed by atoms with Crippen molar-refractivity contribution >= 4 is 16.9 Å². The molecule has 0 saturated heterocycles. The van der Waals surface area contributed by atoms with Crippen LogP contribution in [0.4, 0.5) is 0 Å². The topological polar surface area (TPSA) is 47.5 Å². The molecule has 0 atom stereocenters. The smallest absolute Gasteiger partial charge is 0.195 e. The van der Waals surface area contributed by atoms with Gasteiger partial charge in [0.15, 0.2) is 5.96 Å². The van der Waals surface area contributed by atoms with Gasteiger partial charge in [-0.05, 0) is 18.1 Å². The fourth-order valence-electron chi connectivity index (χ4n) is 2.11. The van der Waals surface area contributed by atoms with Crippen molar-refractivity contribution in [2.24, 2.45) is 4.99 Å². The number of H-pyrrole nitrogens is 1. The van der Waals surface area contributed by atoms with E-state index in [-0.39, 0.29) is 0 Å². The minimum Gasteiger partial charge on any atom is -0.349 e. The molecule has 1 heterocycles. The van der Waals surface area contributed by atoms with E-state index in [0.717, 1.165) is 29.8 Å². The maximum Gasteiger partial charge on any atom is 0.195 e. The number of benzene rings is 1. The van der Waals surface area contributed by atoms with Crippen LogP contribution < -0.4 is 0 Å². The molecule has 1 aromatic heterocycles. The van der Waals surface area contributed by atoms with Crippen LogP contribution in [0.3, 0.4) is 0 Å². The Balaban J connectivity index is 2.03. The normalized spacial score (nSPS) is 10.5. The van der Waals surface area contributed by atoms with E-state index in [1.54, 1.807) is 0 Å². The third kappa shape index (κ3) is 3.24. The van der Waals surface area contributed by atoms with Gasteiger partial charge in [-0.3, -0.25) is 10.1 Å². The molecule has 0 bridgehead atoms. The van der Waals surface area contributed by atoms with Crippen molar-refractivity contribution in [2.75, 3.05) is 34.7 Å². The second-order valence-electron chi connectivity index (χ2n) is 5.01. The molecule has 0 aliphatic heterocycles. The summed E-state index contributed by atoms with van der Waals surface area (Å²) in [6, 6.07) is 6.37. The summed E-state index contributed by atoms with van der Waals surface area (Å²) in [5, 5.41) is 8.17. The van der Waals surface area contributed by atoms with E-state index in [1.807, 2.05) is 44.2 Å². The lowest BCUT2D eigenvalue weighted by Gasteiger charge is -2.22. The average Bonchev–Trinajstić information content (AvgIpc) is 2.80. The molecule has 0 unspecified atom stereocenters. The number of nitrogens with one attached hydrogen (secondary N) is 1. The highest BCUT2D eigenvalue weighted by molar-refractivity contribution is 5.79. The van der Waals surface area contributed by atoms with Crippen molar-refractivity contribution in [1.82, 2.24) is 20.0 Å². The van der Waals surface area contributed by atoms with Crippen LogP contribution in [0.15, 0.2) is 29.4 Å². The standard InChI is InChI=1S/C14H21N5/c1-18(2)14(19(3)4)15-8-7-11-5-6-12-10-16-17-13(12)9-11/h5-6,9-10H,7-8H2,1-4H3,(H,16,17). The van der Waals surface area contributed by atoms with Gasteiger partial charge in [-0.15, -0.1) is 0 Å². The van der Waals surface area contributed by atoms with Gasteiger partial charge in [-0.2, -0.15) is 5.10 Å². The van der Waals surface area contributed by atoms with E-state index >= 15 is 0 Å². The summed E-state index contributed by atoms with van der Waals surface area (Å²) in [6.45, 7) is 0.783. The average molecular weight is 259 g/mol. The van der Waals surface area contributed by atoms with E-state index in [1.165, 1.54) is 5.56 Å². The Morgan fingerprint density at radius 2 is 1.95 bits per heavy atom. The van der Waals surface area contributed by atoms with Crippen molar-refractivity contribution in [3.8, 4) is 0 Å². The number of aromatic amines is 1. The molecule has 0 radical (unpaired) electrons. The SMILES string of the molecule is CN(C)C(=NCCc1ccc2cn[nH]c2c1)N(C)C. The number of rotatable bonds is 3. The zero-order chi connectivity index (χ0) is 13.8. The lowest BCUT2D eigenvalue weighted by atomic mass is 10.1. The summed E-state index contributed by atoms with van der Waals surface area (Å²) in [5.74, 6) is 0.989. The molecule has 1 aromatic carbocycles. The van der Waals surface area contributed by atoms with Crippen LogP contribution in [0.2, 0.25) is 0 Å². The van der Waals surface area contributed by atoms with Crippen LogP contribution in [-0.4, -0.2) is 60.7 Å². The van der Waals surface area contributed by atoms with Gasteiger partial charge < -0.3 is 9.80 Å². The Morgan fingerprint density at radius 1 is 1.21 bits per heavy atom. The van der Waals surface area contributed by atoms with Crippen LogP contribution in [0.1, 0.15) is 5.56 Å². The molecule has 0 aliphatic carbocycles. The first-order valence-electron chi connectivity index (χ1n) is 6.39. The molecule has 1 N–H and O–H groups in total. The van der Waals surface area contributed by atoms with E-state index in [0.29, 0.717) is 0 Å². The van der Waals surface area contributed by atoms with E-state index in [4.69, 9.17) is 0 Å². The van der Waals surface area contributed by atoms with Crippen molar-refractivity contribution in [1.29, 1.82) is 0 Å². The van der Waals surface area contributed by atoms with Gasteiger partial charge in [0.2, 0.25) is 0 Å². The first kappa shape index (κ1) is 13.4. The maximum atomic E-state index is 4.63. The Morgan fingerprint density at radius 3 is 2.63 bits per heavy atom. The third-order valence-corrected chi connectivity index (χ3v) is 2.96. The number of guanidine groups is 1. The van der Waals surface area contributed by atoms with Crippen LogP contribution >= 0.6 is 0 Å². The van der Waals surface area contributed by atoms with Crippen molar-refractivity contribution < 1.29 is 0 Å². The largest absolute Gasteiger partial charge is 0.349 e. The molecule has 5 nitrogen and oxygen atoms in total. The van der Waals surface area contributed by atoms with Crippen molar-refractivity contribution in [3.63, 3.8) is 0 Å². The number of nitrogens with zero attached hydrogens (tertiary/aromatic N) is 4. The summed E-state index contributed by atoms with van der Waals surface area (Å²) >= 11 is 0. The molecule has 102 valence electrons. The fraction of sp³-hybridized carbons (Fsp3) is 0.429. The number of hydrogen-bond donors (Lipinski definition) is 1. The maximum absolute atomic E-state index is 4.63. The molecular formula is C14H21N5. The molecule has 0 amide bonds. The van der Waals surface area contributed by atoms with Gasteiger partial charge in [0.05, 0.1) is 11.7 Å². The first-order chi connectivity index (χ1) is 9.08. The lowest BCUT2D eigenvalue weighted by molar-refractivity contribution is 0.479. The zero-order valence-electron chi connectivity index (χ0n) is 12.0. The first-order valence-corrected chi connectivity index (χ1v) is 6.39. The van der Waals surface area contributed by atoms with Gasteiger partial charge >= 0.3 is 0 Å². The van der Waals surface area contributed by atoms with E-state index < -0.39 is 0 Å². The molecule has 0 spiro atoms. The number of fused-ring (bicyclic) bond motifs is 1. The van der Waals surface area contributed by atoms with E-state index in [2.05, 4.69) is 33.4 Å². The molecule has 0 fully saturated rings. The summed E-state index contributed by atoms with van der Waals surface area (Å²) in [6.07, 6.45) is 2.77. The van der Waals surface area contributed by atoms with Crippen molar-refractivity contribution in [2.45, 2.75) is 6.42 Å². The highest BCUT2D eigenvalue weighted by Crippen LogP contribution is 2.13. The predicted octanol–water partition coefficient (Wildman–Crippen LogP) is 1.58. The molecule has 0 aliphatic rings. The predicted molar refractivity (Wildman–Crippen MR) is 79.5 cm³/mol. The summed E-state index contributed by atoms with van der Waals surface area (Å²) < 4.78 is 0. The zero-order valence-corrected chi connectivity index (χ0v) is 12.0. The second-order valence-corrected chi connectivity index (χ2v) is 5.01. The highest BCUT2D eigenvalue weighted by Gasteiger charge is 2.03. The van der Waals surface area contributed by atoms with Crippen molar-refractivity contribution in [3.05, 3.63) is 30.0 Å². The molecule has 19 heavy (non-hydrogen) atoms. The quantitative estimate of drug-likeness (QED) is 0.672. The molecule has 5 heteroatoms. The van der Waals surface area contributed by atoms with Gasteiger partial charge in [0.25, 0.3) is 0 Å². The number of aliphatic imine (C=N–C) groups is 1. The molecule has 0 saturated carbocycles. The van der Waals surface area contributed by atoms with Crippen LogP contribution in [-0.2, 0) is 6.42 Å². The summed E-state index contributed by atoms with van der Waals surface area (Å²) in [5.41, 5.74) is 2.36. The Bertz CT molecular complexity index is 558. The van der Waals surface area contributed by atoms with Gasteiger partial charge in [0, 0.05) is 40.1 Å². The Labute approximate surface area is 113 Å². The number of hydrogen-bond acceptors (Lipinski definition) is 2. The Hall–Kier alpha value is -2.04. The van der Waals surface area contributed by atoms with Crippen LogP contribution in [0, 0.1) is 0 Å². The monoisotopic (exact) mass is 259 g/mol.